The molecule has 0 aliphatic carbocycles. The molecule has 6 rings (SSSR count). The molecule has 0 radical (unpaired) electrons. The van der Waals surface area contributed by atoms with E-state index >= 15 is 0 Å². The number of nitrogens with zero attached hydrogens (tertiary/aromatic N) is 3. The molecule has 4 nitrogen and oxygen atoms in total. The topological polar surface area (TPSA) is 39.8 Å². The molecule has 0 amide bonds. The molecule has 0 saturated carbocycles. The fourth-order valence-corrected chi connectivity index (χ4v) is 5.97. The van der Waals surface area contributed by atoms with E-state index in [9.17, 15) is 4.79 Å². The zero-order valence-electron chi connectivity index (χ0n) is 20.3. The maximum absolute atomic E-state index is 13.9. The first-order valence-corrected chi connectivity index (χ1v) is 13.4. The van der Waals surface area contributed by atoms with Crippen molar-refractivity contribution in [3.05, 3.63) is 119 Å². The van der Waals surface area contributed by atoms with Crippen LogP contribution in [0.2, 0.25) is 5.02 Å². The lowest BCUT2D eigenvalue weighted by atomic mass is 10.0. The lowest BCUT2D eigenvalue weighted by Crippen LogP contribution is -2.07. The van der Waals surface area contributed by atoms with Gasteiger partial charge in [0.05, 0.1) is 34.6 Å². The highest BCUT2D eigenvalue weighted by Gasteiger charge is 2.23. The van der Waals surface area contributed by atoms with Crippen LogP contribution in [0.25, 0.3) is 33.2 Å². The number of halogens is 1. The third-order valence-corrected chi connectivity index (χ3v) is 7.84. The molecule has 0 atom stereocenters. The highest BCUT2D eigenvalue weighted by atomic mass is 35.5. The van der Waals surface area contributed by atoms with Gasteiger partial charge in [-0.15, -0.1) is 0 Å². The number of hydrogen-bond acceptors (Lipinski definition) is 3. The van der Waals surface area contributed by atoms with Gasteiger partial charge in [0, 0.05) is 23.0 Å². The third kappa shape index (κ3) is 4.45. The molecule has 0 N–H and O–H groups in total. The molecule has 0 fully saturated rings. The number of benzene rings is 4. The maximum Gasteiger partial charge on any atom is 0.175 e. The second kappa shape index (κ2) is 9.92. The Balaban J connectivity index is 1.39. The Hall–Kier alpha value is -3.80. The number of carbonyl (C=O) groups is 1. The number of Topliss-reactive ketones (excluding diaryl/α,β-unsaturated/α-hetero) is 1. The van der Waals surface area contributed by atoms with Gasteiger partial charge in [-0.1, -0.05) is 102 Å². The third-order valence-electron chi connectivity index (χ3n) is 6.62. The van der Waals surface area contributed by atoms with E-state index in [1.54, 1.807) is 0 Å². The van der Waals surface area contributed by atoms with Gasteiger partial charge in [-0.05, 0) is 35.4 Å². The highest BCUT2D eigenvalue weighted by Crippen LogP contribution is 2.35. The molecule has 0 unspecified atom stereocenters. The van der Waals surface area contributed by atoms with Crippen LogP contribution in [0.4, 0.5) is 0 Å². The molecule has 0 aliphatic rings. The van der Waals surface area contributed by atoms with Crippen LogP contribution < -0.4 is 0 Å². The van der Waals surface area contributed by atoms with Gasteiger partial charge >= 0.3 is 0 Å². The van der Waals surface area contributed by atoms with E-state index in [2.05, 4.69) is 39.5 Å². The number of para-hydroxylation sites is 1. The van der Waals surface area contributed by atoms with Gasteiger partial charge in [-0.25, -0.2) is 4.98 Å². The number of fused-ring (bicyclic) bond motifs is 2. The summed E-state index contributed by atoms with van der Waals surface area (Å²) >= 11 is 7.74. The SMILES string of the molecule is Cn1c(-c2ccccc2)c(C(=O)CSc2nc3cc(Cl)ccc3n2Cc2ccccc2)c2ccccc21. The Morgan fingerprint density at radius 1 is 0.865 bits per heavy atom. The van der Waals surface area contributed by atoms with Crippen molar-refractivity contribution in [3.8, 4) is 11.3 Å². The predicted molar refractivity (Wildman–Crippen MR) is 154 cm³/mol. The molecule has 0 saturated heterocycles. The fraction of sp³-hybridized carbons (Fsp3) is 0.0968. The van der Waals surface area contributed by atoms with Crippen LogP contribution in [-0.4, -0.2) is 25.7 Å². The van der Waals surface area contributed by atoms with E-state index in [0.29, 0.717) is 11.6 Å². The van der Waals surface area contributed by atoms with Gasteiger partial charge in [-0.3, -0.25) is 4.79 Å². The number of carbonyl (C=O) groups excluding carboxylic acids is 1. The zero-order valence-corrected chi connectivity index (χ0v) is 21.8. The van der Waals surface area contributed by atoms with Gasteiger partial charge < -0.3 is 9.13 Å². The monoisotopic (exact) mass is 521 g/mol. The quantitative estimate of drug-likeness (QED) is 0.158. The summed E-state index contributed by atoms with van der Waals surface area (Å²) in [4.78, 5) is 18.8. The van der Waals surface area contributed by atoms with Crippen LogP contribution in [0.5, 0.6) is 0 Å². The zero-order chi connectivity index (χ0) is 25.4. The number of rotatable bonds is 7. The fourth-order valence-electron chi connectivity index (χ4n) is 4.92. The Morgan fingerprint density at radius 2 is 1.57 bits per heavy atom. The summed E-state index contributed by atoms with van der Waals surface area (Å²) in [5.74, 6) is 0.358. The lowest BCUT2D eigenvalue weighted by molar-refractivity contribution is 0.102. The summed E-state index contributed by atoms with van der Waals surface area (Å²) in [7, 11) is 2.03. The van der Waals surface area contributed by atoms with Crippen molar-refractivity contribution in [2.45, 2.75) is 11.7 Å². The smallest absolute Gasteiger partial charge is 0.175 e. The average molecular weight is 522 g/mol. The van der Waals surface area contributed by atoms with Crippen molar-refractivity contribution < 1.29 is 4.79 Å². The molecule has 2 aromatic heterocycles. The van der Waals surface area contributed by atoms with Crippen LogP contribution >= 0.6 is 23.4 Å². The van der Waals surface area contributed by atoms with Crippen LogP contribution in [0.3, 0.4) is 0 Å². The Labute approximate surface area is 224 Å². The number of ketones is 1. The minimum absolute atomic E-state index is 0.0806. The second-order valence-electron chi connectivity index (χ2n) is 8.98. The predicted octanol–water partition coefficient (Wildman–Crippen LogP) is 7.87. The standard InChI is InChI=1S/C31H24ClN3OS/c1-34-26-15-9-8-14-24(26)29(30(34)22-12-6-3-7-13-22)28(36)20-37-31-33-25-18-23(32)16-17-27(25)35(31)19-21-10-4-2-5-11-21/h2-18H,19-20H2,1H3. The van der Waals surface area contributed by atoms with Crippen molar-refractivity contribution in [2.24, 2.45) is 7.05 Å². The summed E-state index contributed by atoms with van der Waals surface area (Å²) in [6, 6.07) is 34.3. The van der Waals surface area contributed by atoms with Crippen molar-refractivity contribution in [2.75, 3.05) is 5.75 Å². The van der Waals surface area contributed by atoms with Crippen molar-refractivity contribution in [1.82, 2.24) is 14.1 Å². The summed E-state index contributed by atoms with van der Waals surface area (Å²) < 4.78 is 4.29. The van der Waals surface area contributed by atoms with E-state index in [4.69, 9.17) is 16.6 Å². The molecule has 6 heteroatoms. The largest absolute Gasteiger partial charge is 0.343 e. The molecule has 37 heavy (non-hydrogen) atoms. The molecule has 0 bridgehead atoms. The number of aromatic nitrogens is 3. The molecular formula is C31H24ClN3OS. The van der Waals surface area contributed by atoms with Crippen molar-refractivity contribution >= 4 is 51.1 Å². The molecule has 0 aliphatic heterocycles. The number of thioether (sulfide) groups is 1. The minimum Gasteiger partial charge on any atom is -0.343 e. The maximum atomic E-state index is 13.9. The van der Waals surface area contributed by atoms with Gasteiger partial charge in [0.2, 0.25) is 0 Å². The molecule has 2 heterocycles. The molecular weight excluding hydrogens is 498 g/mol. The van der Waals surface area contributed by atoms with Crippen molar-refractivity contribution in [3.63, 3.8) is 0 Å². The van der Waals surface area contributed by atoms with Crippen LogP contribution in [0, 0.1) is 0 Å². The van der Waals surface area contributed by atoms with Crippen LogP contribution in [-0.2, 0) is 13.6 Å². The van der Waals surface area contributed by atoms with Gasteiger partial charge in [0.1, 0.15) is 0 Å². The Morgan fingerprint density at radius 3 is 2.35 bits per heavy atom. The number of imidazole rings is 1. The Kier molecular flexibility index (Phi) is 6.33. The summed E-state index contributed by atoms with van der Waals surface area (Å²) in [6.07, 6.45) is 0. The molecule has 0 spiro atoms. The van der Waals surface area contributed by atoms with Crippen LogP contribution in [0.15, 0.2) is 108 Å². The molecule has 182 valence electrons. The van der Waals surface area contributed by atoms with E-state index in [1.165, 1.54) is 17.3 Å². The lowest BCUT2D eigenvalue weighted by Gasteiger charge is -2.10. The van der Waals surface area contributed by atoms with Crippen LogP contribution in [0.1, 0.15) is 15.9 Å². The van der Waals surface area contributed by atoms with Gasteiger partial charge in [0.25, 0.3) is 0 Å². The first-order valence-electron chi connectivity index (χ1n) is 12.1. The van der Waals surface area contributed by atoms with E-state index in [-0.39, 0.29) is 11.5 Å². The first-order chi connectivity index (χ1) is 18.1. The van der Waals surface area contributed by atoms with E-state index < -0.39 is 0 Å². The van der Waals surface area contributed by atoms with Gasteiger partial charge in [-0.2, -0.15) is 0 Å². The number of aryl methyl sites for hydroxylation is 1. The highest BCUT2D eigenvalue weighted by molar-refractivity contribution is 7.99. The Bertz CT molecular complexity index is 1740. The number of hydrogen-bond donors (Lipinski definition) is 0. The van der Waals surface area contributed by atoms with E-state index in [1.807, 2.05) is 79.8 Å². The normalized spacial score (nSPS) is 11.4. The van der Waals surface area contributed by atoms with Crippen molar-refractivity contribution in [1.29, 1.82) is 0 Å². The second-order valence-corrected chi connectivity index (χ2v) is 10.4. The summed E-state index contributed by atoms with van der Waals surface area (Å²) in [6.45, 7) is 0.666. The summed E-state index contributed by atoms with van der Waals surface area (Å²) in [5.41, 5.74) is 6.76. The molecule has 6 aromatic rings. The minimum atomic E-state index is 0.0806. The van der Waals surface area contributed by atoms with Gasteiger partial charge in [0.15, 0.2) is 10.9 Å². The summed E-state index contributed by atoms with van der Waals surface area (Å²) in [5, 5.41) is 2.42. The molecule has 4 aromatic carbocycles. The average Bonchev–Trinajstić information content (AvgIpc) is 3.42. The first kappa shape index (κ1) is 23.6. The van der Waals surface area contributed by atoms with E-state index in [0.717, 1.165) is 43.9 Å².